The third-order valence-electron chi connectivity index (χ3n) is 3.28. The maximum Gasteiger partial charge on any atom is 0.244 e. The van der Waals surface area contributed by atoms with Crippen molar-refractivity contribution in [2.24, 2.45) is 5.41 Å². The molecule has 3 nitrogen and oxygen atoms in total. The molecule has 1 aromatic carbocycles. The van der Waals surface area contributed by atoms with E-state index in [9.17, 15) is 4.79 Å². The second-order valence-corrected chi connectivity index (χ2v) is 6.18. The molecular weight excluding hydrogens is 250 g/mol. The highest BCUT2D eigenvalue weighted by atomic mass is 16.3. The Morgan fingerprint density at radius 2 is 1.90 bits per heavy atom. The Hall–Kier alpha value is -1.61. The van der Waals surface area contributed by atoms with Gasteiger partial charge in [-0.2, -0.15) is 0 Å². The highest BCUT2D eigenvalue weighted by Crippen LogP contribution is 2.21. The fourth-order valence-electron chi connectivity index (χ4n) is 1.92. The summed E-state index contributed by atoms with van der Waals surface area (Å²) in [5.41, 5.74) is 2.12. The van der Waals surface area contributed by atoms with Gasteiger partial charge in [0.1, 0.15) is 0 Å². The maximum absolute atomic E-state index is 11.9. The Labute approximate surface area is 121 Å². The molecule has 3 heteroatoms. The molecule has 0 bridgehead atoms. The smallest absolute Gasteiger partial charge is 0.244 e. The molecule has 0 aliphatic carbocycles. The number of nitrogens with one attached hydrogen (secondary N) is 1. The summed E-state index contributed by atoms with van der Waals surface area (Å²) in [6.45, 7) is 8.26. The lowest BCUT2D eigenvalue weighted by molar-refractivity contribution is -0.118. The highest BCUT2D eigenvalue weighted by Gasteiger charge is 2.24. The van der Waals surface area contributed by atoms with Gasteiger partial charge in [-0.3, -0.25) is 4.79 Å². The van der Waals surface area contributed by atoms with Crippen LogP contribution in [-0.4, -0.2) is 23.7 Å². The van der Waals surface area contributed by atoms with Crippen molar-refractivity contribution >= 4 is 12.0 Å². The Morgan fingerprint density at radius 3 is 2.40 bits per heavy atom. The molecule has 1 atom stereocenters. The number of aliphatic hydroxyl groups excluding tert-OH is 1. The van der Waals surface area contributed by atoms with E-state index in [0.717, 1.165) is 5.56 Å². The van der Waals surface area contributed by atoms with Crippen LogP contribution in [0, 0.1) is 12.3 Å². The average Bonchev–Trinajstić information content (AvgIpc) is 2.36. The molecule has 1 aromatic rings. The molecular formula is C17H25NO2. The standard InChI is InChI=1S/C17H25NO2/c1-13-5-7-14(8-6-13)9-10-16(20)18-15(11-12-19)17(2,3)4/h5-10,15,19H,11-12H2,1-4H3,(H,18,20)/b10-9+. The van der Waals surface area contributed by atoms with Gasteiger partial charge in [-0.25, -0.2) is 0 Å². The summed E-state index contributed by atoms with van der Waals surface area (Å²) in [7, 11) is 0. The van der Waals surface area contributed by atoms with E-state index in [2.05, 4.69) is 26.1 Å². The van der Waals surface area contributed by atoms with E-state index in [0.29, 0.717) is 6.42 Å². The largest absolute Gasteiger partial charge is 0.396 e. The van der Waals surface area contributed by atoms with Crippen LogP contribution in [0.1, 0.15) is 38.3 Å². The normalized spacial score (nSPS) is 13.4. The summed E-state index contributed by atoms with van der Waals surface area (Å²) in [6, 6.07) is 7.95. The van der Waals surface area contributed by atoms with Gasteiger partial charge in [-0.05, 0) is 30.4 Å². The summed E-state index contributed by atoms with van der Waals surface area (Å²) < 4.78 is 0. The Kier molecular flexibility index (Phi) is 5.96. The molecule has 2 N–H and O–H groups in total. The van der Waals surface area contributed by atoms with Gasteiger partial charge in [0.2, 0.25) is 5.91 Å². The topological polar surface area (TPSA) is 49.3 Å². The van der Waals surface area contributed by atoms with Crippen LogP contribution >= 0.6 is 0 Å². The maximum atomic E-state index is 11.9. The molecule has 1 amide bonds. The molecule has 0 aliphatic rings. The lowest BCUT2D eigenvalue weighted by Crippen LogP contribution is -2.43. The molecule has 0 aromatic heterocycles. The first-order valence-electron chi connectivity index (χ1n) is 6.99. The number of aliphatic hydroxyl groups is 1. The van der Waals surface area contributed by atoms with Crippen molar-refractivity contribution in [1.29, 1.82) is 0 Å². The molecule has 0 spiro atoms. The molecule has 0 fully saturated rings. The zero-order chi connectivity index (χ0) is 15.2. The van der Waals surface area contributed by atoms with E-state index in [1.165, 1.54) is 5.56 Å². The molecule has 1 unspecified atom stereocenters. The van der Waals surface area contributed by atoms with Crippen LogP contribution < -0.4 is 5.32 Å². The van der Waals surface area contributed by atoms with Crippen molar-refractivity contribution in [2.75, 3.05) is 6.61 Å². The molecule has 20 heavy (non-hydrogen) atoms. The summed E-state index contributed by atoms with van der Waals surface area (Å²) in [4.78, 5) is 11.9. The second-order valence-electron chi connectivity index (χ2n) is 6.18. The molecule has 0 aliphatic heterocycles. The van der Waals surface area contributed by atoms with E-state index in [1.807, 2.05) is 31.2 Å². The van der Waals surface area contributed by atoms with Crippen molar-refractivity contribution < 1.29 is 9.90 Å². The molecule has 1 rings (SSSR count). The summed E-state index contributed by atoms with van der Waals surface area (Å²) in [5.74, 6) is -0.126. The fraction of sp³-hybridized carbons (Fsp3) is 0.471. The summed E-state index contributed by atoms with van der Waals surface area (Å²) in [6.07, 6.45) is 3.90. The van der Waals surface area contributed by atoms with E-state index in [1.54, 1.807) is 12.2 Å². The molecule has 0 saturated heterocycles. The van der Waals surface area contributed by atoms with Crippen molar-refractivity contribution in [1.82, 2.24) is 5.32 Å². The van der Waals surface area contributed by atoms with Crippen LogP contribution in [0.5, 0.6) is 0 Å². The van der Waals surface area contributed by atoms with Crippen molar-refractivity contribution in [3.8, 4) is 0 Å². The van der Waals surface area contributed by atoms with Gasteiger partial charge in [-0.1, -0.05) is 50.6 Å². The first-order valence-corrected chi connectivity index (χ1v) is 6.99. The minimum atomic E-state index is -0.126. The van der Waals surface area contributed by atoms with Gasteiger partial charge >= 0.3 is 0 Å². The second kappa shape index (κ2) is 7.25. The predicted octanol–water partition coefficient (Wildman–Crippen LogP) is 2.92. The van der Waals surface area contributed by atoms with Gasteiger partial charge in [0, 0.05) is 18.7 Å². The number of aryl methyl sites for hydroxylation is 1. The van der Waals surface area contributed by atoms with Gasteiger partial charge in [0.05, 0.1) is 0 Å². The van der Waals surface area contributed by atoms with E-state index >= 15 is 0 Å². The third-order valence-corrected chi connectivity index (χ3v) is 3.28. The fourth-order valence-corrected chi connectivity index (χ4v) is 1.92. The zero-order valence-electron chi connectivity index (χ0n) is 12.8. The molecule has 0 heterocycles. The summed E-state index contributed by atoms with van der Waals surface area (Å²) >= 11 is 0. The van der Waals surface area contributed by atoms with Crippen molar-refractivity contribution in [3.05, 3.63) is 41.5 Å². The monoisotopic (exact) mass is 275 g/mol. The number of hydrogen-bond donors (Lipinski definition) is 2. The number of amides is 1. The van der Waals surface area contributed by atoms with Gasteiger partial charge in [0.25, 0.3) is 0 Å². The SMILES string of the molecule is Cc1ccc(/C=C/C(=O)NC(CCO)C(C)(C)C)cc1. The Balaban J connectivity index is 2.63. The highest BCUT2D eigenvalue weighted by molar-refractivity contribution is 5.91. The van der Waals surface area contributed by atoms with Crippen molar-refractivity contribution in [2.45, 2.75) is 40.2 Å². The van der Waals surface area contributed by atoms with Crippen molar-refractivity contribution in [3.63, 3.8) is 0 Å². The van der Waals surface area contributed by atoms with Gasteiger partial charge < -0.3 is 10.4 Å². The number of benzene rings is 1. The number of carbonyl (C=O) groups is 1. The molecule has 0 radical (unpaired) electrons. The first-order chi connectivity index (χ1) is 9.32. The van der Waals surface area contributed by atoms with Crippen LogP contribution in [-0.2, 0) is 4.79 Å². The zero-order valence-corrected chi connectivity index (χ0v) is 12.8. The minimum absolute atomic E-state index is 0.0392. The van der Waals surface area contributed by atoms with Crippen LogP contribution in [0.2, 0.25) is 0 Å². The number of rotatable bonds is 5. The number of hydrogen-bond acceptors (Lipinski definition) is 2. The minimum Gasteiger partial charge on any atom is -0.396 e. The predicted molar refractivity (Wildman–Crippen MR) is 83.3 cm³/mol. The molecule has 0 saturated carbocycles. The van der Waals surface area contributed by atoms with Crippen LogP contribution in [0.4, 0.5) is 0 Å². The quantitative estimate of drug-likeness (QED) is 0.812. The van der Waals surface area contributed by atoms with Gasteiger partial charge in [-0.15, -0.1) is 0 Å². The summed E-state index contributed by atoms with van der Waals surface area (Å²) in [5, 5.41) is 12.0. The average molecular weight is 275 g/mol. The number of carbonyl (C=O) groups excluding carboxylic acids is 1. The lowest BCUT2D eigenvalue weighted by atomic mass is 9.85. The van der Waals surface area contributed by atoms with E-state index in [-0.39, 0.29) is 24.0 Å². The van der Waals surface area contributed by atoms with E-state index < -0.39 is 0 Å². The third kappa shape index (κ3) is 5.57. The van der Waals surface area contributed by atoms with E-state index in [4.69, 9.17) is 5.11 Å². The van der Waals surface area contributed by atoms with Crippen LogP contribution in [0.3, 0.4) is 0 Å². The first kappa shape index (κ1) is 16.4. The Morgan fingerprint density at radius 1 is 1.30 bits per heavy atom. The van der Waals surface area contributed by atoms with Crippen LogP contribution in [0.15, 0.2) is 30.3 Å². The van der Waals surface area contributed by atoms with Gasteiger partial charge in [0.15, 0.2) is 0 Å². The molecule has 110 valence electrons. The lowest BCUT2D eigenvalue weighted by Gasteiger charge is -2.30. The van der Waals surface area contributed by atoms with Crippen LogP contribution in [0.25, 0.3) is 6.08 Å². The Bertz CT molecular complexity index is 455.